The van der Waals surface area contributed by atoms with Crippen LogP contribution in [0, 0.1) is 0 Å². The molecule has 0 aliphatic carbocycles. The third-order valence-electron chi connectivity index (χ3n) is 1.34. The van der Waals surface area contributed by atoms with E-state index in [-0.39, 0.29) is 6.21 Å². The van der Waals surface area contributed by atoms with Gasteiger partial charge >= 0.3 is 24.4 Å². The van der Waals surface area contributed by atoms with Gasteiger partial charge in [0.15, 0.2) is 0 Å². The molecule has 0 fully saturated rings. The van der Waals surface area contributed by atoms with E-state index in [9.17, 15) is 31.5 Å². The van der Waals surface area contributed by atoms with Crippen molar-refractivity contribution in [2.24, 2.45) is 4.99 Å². The Hall–Kier alpha value is -2.00. The van der Waals surface area contributed by atoms with Crippen LogP contribution in [-0.4, -0.2) is 43.8 Å². The van der Waals surface area contributed by atoms with Gasteiger partial charge in [-0.15, -0.1) is 0 Å². The molecule has 10 heteroatoms. The lowest BCUT2D eigenvalue weighted by atomic mass is 10.5. The number of carbonyl (C=O) groups is 2. The zero-order chi connectivity index (χ0) is 15.1. The van der Waals surface area contributed by atoms with Gasteiger partial charge in [0.1, 0.15) is 19.0 Å². The van der Waals surface area contributed by atoms with E-state index in [2.05, 4.69) is 21.0 Å². The molecule has 0 aromatic carbocycles. The number of halogens is 5. The van der Waals surface area contributed by atoms with Gasteiger partial charge < -0.3 is 9.47 Å². The lowest BCUT2D eigenvalue weighted by molar-refractivity contribution is -0.169. The van der Waals surface area contributed by atoms with Crippen LogP contribution in [-0.2, 0) is 19.1 Å². The van der Waals surface area contributed by atoms with Crippen LogP contribution in [0.2, 0.25) is 0 Å². The minimum Gasteiger partial charge on any atom is -0.456 e. The average Bonchev–Trinajstić information content (AvgIpc) is 2.30. The Kier molecular flexibility index (Phi) is 6.66. The fraction of sp³-hybridized carbons (Fsp3) is 0.444. The number of alkyl halides is 4. The molecule has 0 N–H and O–H groups in total. The number of rotatable bonds is 7. The van der Waals surface area contributed by atoms with Gasteiger partial charge in [0.2, 0.25) is 0 Å². The van der Waals surface area contributed by atoms with Crippen molar-refractivity contribution in [3.63, 3.8) is 0 Å². The van der Waals surface area contributed by atoms with Crippen LogP contribution in [0.1, 0.15) is 0 Å². The van der Waals surface area contributed by atoms with Gasteiger partial charge in [0.05, 0.1) is 0 Å². The first kappa shape index (κ1) is 17.0. The molecular weight excluding hydrogens is 281 g/mol. The number of ether oxygens (including phenoxy) is 2. The van der Waals surface area contributed by atoms with Gasteiger partial charge in [-0.1, -0.05) is 6.58 Å². The monoisotopic (exact) mass is 289 g/mol. The summed E-state index contributed by atoms with van der Waals surface area (Å²) in [5.74, 6) is -5.24. The minimum atomic E-state index is -4.35. The third kappa shape index (κ3) is 7.11. The van der Waals surface area contributed by atoms with E-state index in [1.165, 1.54) is 0 Å². The normalized spacial score (nSPS) is 11.7. The number of aliphatic imine (C=N–C) groups is 1. The summed E-state index contributed by atoms with van der Waals surface area (Å²) < 4.78 is 68.5. The van der Waals surface area contributed by atoms with Gasteiger partial charge in [-0.05, 0) is 0 Å². The smallest absolute Gasteiger partial charge is 0.440 e. The van der Waals surface area contributed by atoms with Gasteiger partial charge in [0.25, 0.3) is 0 Å². The van der Waals surface area contributed by atoms with Crippen molar-refractivity contribution in [3.8, 4) is 0 Å². The highest BCUT2D eigenvalue weighted by atomic mass is 19.3. The molecule has 0 amide bonds. The molecule has 0 saturated heterocycles. The number of carbonyl (C=O) groups excluding carboxylic acids is 2. The number of esters is 2. The van der Waals surface area contributed by atoms with Crippen LogP contribution in [0.3, 0.4) is 0 Å². The van der Waals surface area contributed by atoms with Gasteiger partial charge in [-0.2, -0.15) is 17.6 Å². The number of hydrogen-bond acceptors (Lipinski definition) is 5. The second-order valence-corrected chi connectivity index (χ2v) is 2.88. The summed E-state index contributed by atoms with van der Waals surface area (Å²) in [5.41, 5.74) is 0. The zero-order valence-corrected chi connectivity index (χ0v) is 9.25. The SMILES string of the molecule is C=C(F)COC(=O)C(F)(F)/N=C/COC(=O)C(F)F. The van der Waals surface area contributed by atoms with Crippen molar-refractivity contribution in [3.05, 3.63) is 12.4 Å². The van der Waals surface area contributed by atoms with Crippen LogP contribution in [0.25, 0.3) is 0 Å². The highest BCUT2D eigenvalue weighted by Crippen LogP contribution is 2.17. The van der Waals surface area contributed by atoms with Crippen molar-refractivity contribution < 1.29 is 41.0 Å². The number of nitrogens with zero attached hydrogens (tertiary/aromatic N) is 1. The maximum absolute atomic E-state index is 12.8. The summed E-state index contributed by atoms with van der Waals surface area (Å²) in [6, 6.07) is -4.35. The highest BCUT2D eigenvalue weighted by Gasteiger charge is 2.40. The fourth-order valence-corrected chi connectivity index (χ4v) is 0.618. The second kappa shape index (κ2) is 7.44. The van der Waals surface area contributed by atoms with Crippen LogP contribution < -0.4 is 0 Å². The Morgan fingerprint density at radius 3 is 2.37 bits per heavy atom. The highest BCUT2D eigenvalue weighted by molar-refractivity contribution is 5.80. The molecule has 19 heavy (non-hydrogen) atoms. The second-order valence-electron chi connectivity index (χ2n) is 2.88. The van der Waals surface area contributed by atoms with Crippen LogP contribution in [0.4, 0.5) is 22.0 Å². The Labute approximate surface area is 103 Å². The van der Waals surface area contributed by atoms with Gasteiger partial charge in [-0.25, -0.2) is 19.0 Å². The predicted molar refractivity (Wildman–Crippen MR) is 51.6 cm³/mol. The van der Waals surface area contributed by atoms with Crippen molar-refractivity contribution in [2.75, 3.05) is 13.2 Å². The molecule has 0 unspecified atom stereocenters. The third-order valence-corrected chi connectivity index (χ3v) is 1.34. The molecular formula is C9H8F5NO4. The molecule has 0 rings (SSSR count). The molecule has 108 valence electrons. The lowest BCUT2D eigenvalue weighted by Crippen LogP contribution is -2.29. The summed E-state index contributed by atoms with van der Waals surface area (Å²) in [4.78, 5) is 23.3. The summed E-state index contributed by atoms with van der Waals surface area (Å²) in [6.07, 6.45) is -3.18. The van der Waals surface area contributed by atoms with Gasteiger partial charge in [-0.3, -0.25) is 0 Å². The summed E-state index contributed by atoms with van der Waals surface area (Å²) in [6.45, 7) is 0.615. The molecule has 0 aliphatic rings. The first-order valence-electron chi connectivity index (χ1n) is 4.53. The maximum atomic E-state index is 12.8. The molecule has 0 radical (unpaired) electrons. The predicted octanol–water partition coefficient (Wildman–Crippen LogP) is 1.48. The molecule has 0 atom stereocenters. The minimum absolute atomic E-state index is 0.228. The standard InChI is InChI=1S/C9H8F5NO4/c1-5(10)4-19-8(17)9(13,14)15-2-3-18-7(16)6(11)12/h2,6H,1,3-4H2/b15-2+. The Morgan fingerprint density at radius 2 is 1.89 bits per heavy atom. The van der Waals surface area contributed by atoms with Crippen molar-refractivity contribution >= 4 is 18.2 Å². The van der Waals surface area contributed by atoms with E-state index in [1.54, 1.807) is 0 Å². The Balaban J connectivity index is 4.23. The van der Waals surface area contributed by atoms with Crippen LogP contribution >= 0.6 is 0 Å². The summed E-state index contributed by atoms with van der Waals surface area (Å²) >= 11 is 0. The maximum Gasteiger partial charge on any atom is 0.440 e. The van der Waals surface area contributed by atoms with E-state index in [0.717, 1.165) is 0 Å². The van der Waals surface area contributed by atoms with Crippen LogP contribution in [0.5, 0.6) is 0 Å². The summed E-state index contributed by atoms with van der Waals surface area (Å²) in [5, 5.41) is 0. The van der Waals surface area contributed by atoms with Gasteiger partial charge in [0, 0.05) is 6.21 Å². The first-order chi connectivity index (χ1) is 8.66. The van der Waals surface area contributed by atoms with E-state index in [1.807, 2.05) is 0 Å². The molecule has 0 aromatic rings. The summed E-state index contributed by atoms with van der Waals surface area (Å²) in [7, 11) is 0. The molecule has 5 nitrogen and oxygen atoms in total. The van der Waals surface area contributed by atoms with E-state index in [0.29, 0.717) is 0 Å². The number of hydrogen-bond donors (Lipinski definition) is 0. The lowest BCUT2D eigenvalue weighted by Gasteiger charge is -2.09. The fourth-order valence-electron chi connectivity index (χ4n) is 0.618. The van der Waals surface area contributed by atoms with Crippen LogP contribution in [0.15, 0.2) is 17.4 Å². The topological polar surface area (TPSA) is 65.0 Å². The average molecular weight is 289 g/mol. The van der Waals surface area contributed by atoms with E-state index < -0.39 is 43.5 Å². The zero-order valence-electron chi connectivity index (χ0n) is 9.25. The first-order valence-corrected chi connectivity index (χ1v) is 4.53. The van der Waals surface area contributed by atoms with Crippen molar-refractivity contribution in [1.29, 1.82) is 0 Å². The van der Waals surface area contributed by atoms with E-state index in [4.69, 9.17) is 0 Å². The molecule has 0 aliphatic heterocycles. The molecule has 0 aromatic heterocycles. The largest absolute Gasteiger partial charge is 0.456 e. The Morgan fingerprint density at radius 1 is 1.32 bits per heavy atom. The molecule has 0 heterocycles. The van der Waals surface area contributed by atoms with E-state index >= 15 is 0 Å². The Bertz CT molecular complexity index is 383. The molecule has 0 saturated carbocycles. The van der Waals surface area contributed by atoms with Crippen molar-refractivity contribution in [2.45, 2.75) is 12.5 Å². The molecule has 0 bridgehead atoms. The van der Waals surface area contributed by atoms with Crippen molar-refractivity contribution in [1.82, 2.24) is 0 Å². The quantitative estimate of drug-likeness (QED) is 0.308. The molecule has 0 spiro atoms.